The van der Waals surface area contributed by atoms with Gasteiger partial charge in [-0.15, -0.1) is 0 Å². The molecular weight excluding hydrogens is 472 g/mol. The largest absolute Gasteiger partial charge is 0.436 e. The summed E-state index contributed by atoms with van der Waals surface area (Å²) in [6, 6.07) is 15.2. The Morgan fingerprint density at radius 1 is 1.26 bits per heavy atom. The molecule has 12 heteroatoms. The highest BCUT2D eigenvalue weighted by atomic mass is 35.5. The quantitative estimate of drug-likeness (QED) is 0.206. The summed E-state index contributed by atoms with van der Waals surface area (Å²) in [5.74, 6) is 1.26. The van der Waals surface area contributed by atoms with Crippen molar-refractivity contribution in [1.29, 1.82) is 5.26 Å². The van der Waals surface area contributed by atoms with Crippen molar-refractivity contribution in [2.24, 2.45) is 9.98 Å². The molecule has 4 rings (SSSR count). The number of nitrogens with zero attached hydrogens (tertiary/aromatic N) is 5. The fraction of sp³-hybridized carbons (Fsp3) is 0.174. The second-order valence-electron chi connectivity index (χ2n) is 7.31. The first-order chi connectivity index (χ1) is 17.1. The lowest BCUT2D eigenvalue weighted by Gasteiger charge is -2.33. The number of rotatable bonds is 6. The molecule has 0 aliphatic carbocycles. The van der Waals surface area contributed by atoms with E-state index in [1.54, 1.807) is 48.7 Å². The lowest BCUT2D eigenvalue weighted by Crippen LogP contribution is -2.57. The molecular formula is C23H21ClN8O3. The molecule has 3 aromatic rings. The minimum absolute atomic E-state index is 0.151. The highest BCUT2D eigenvalue weighted by Gasteiger charge is 2.33. The lowest BCUT2D eigenvalue weighted by atomic mass is 10.1. The van der Waals surface area contributed by atoms with Gasteiger partial charge in [0.05, 0.1) is 13.1 Å². The molecule has 1 unspecified atom stereocenters. The van der Waals surface area contributed by atoms with E-state index in [9.17, 15) is 4.79 Å². The Morgan fingerprint density at radius 3 is 2.69 bits per heavy atom. The molecule has 1 amide bonds. The number of amides is 1. The number of carbonyl (C=O) groups is 1. The number of hydrogen-bond acceptors (Lipinski definition) is 8. The van der Waals surface area contributed by atoms with Gasteiger partial charge in [-0.2, -0.15) is 5.26 Å². The third-order valence-corrected chi connectivity index (χ3v) is 5.21. The zero-order valence-corrected chi connectivity index (χ0v) is 19.4. The molecule has 0 spiro atoms. The minimum atomic E-state index is -0.703. The number of aromatic nitrogens is 1. The Balaban J connectivity index is 1.53. The van der Waals surface area contributed by atoms with Gasteiger partial charge in [0.15, 0.2) is 6.19 Å². The van der Waals surface area contributed by atoms with E-state index in [0.29, 0.717) is 28.3 Å². The summed E-state index contributed by atoms with van der Waals surface area (Å²) < 4.78 is 10.3. The highest BCUT2D eigenvalue weighted by Crippen LogP contribution is 2.22. The fourth-order valence-corrected chi connectivity index (χ4v) is 3.38. The van der Waals surface area contributed by atoms with Crippen molar-refractivity contribution < 1.29 is 14.1 Å². The molecule has 11 nitrogen and oxygen atoms in total. The third-order valence-electron chi connectivity index (χ3n) is 4.95. The monoisotopic (exact) mass is 492 g/mol. The van der Waals surface area contributed by atoms with Gasteiger partial charge in [0.2, 0.25) is 11.9 Å². The van der Waals surface area contributed by atoms with E-state index in [0.717, 1.165) is 5.56 Å². The van der Waals surface area contributed by atoms with Crippen LogP contribution >= 0.6 is 11.6 Å². The van der Waals surface area contributed by atoms with Crippen LogP contribution in [0.3, 0.4) is 0 Å². The number of nitriles is 1. The third kappa shape index (κ3) is 6.07. The fourth-order valence-electron chi connectivity index (χ4n) is 3.26. The van der Waals surface area contributed by atoms with E-state index in [1.807, 2.05) is 12.1 Å². The summed E-state index contributed by atoms with van der Waals surface area (Å²) >= 11 is 6.01. The van der Waals surface area contributed by atoms with Crippen LogP contribution in [0.25, 0.3) is 0 Å². The zero-order valence-electron chi connectivity index (χ0n) is 18.6. The molecule has 3 N–H and O–H groups in total. The molecule has 35 heavy (non-hydrogen) atoms. The van der Waals surface area contributed by atoms with Crippen LogP contribution in [0, 0.1) is 11.5 Å². The van der Waals surface area contributed by atoms with E-state index >= 15 is 0 Å². The maximum Gasteiger partial charge on any atom is 0.259 e. The van der Waals surface area contributed by atoms with Crippen molar-refractivity contribution in [3.8, 4) is 17.8 Å². The number of hydrogen-bond donors (Lipinski definition) is 3. The summed E-state index contributed by atoms with van der Waals surface area (Å²) in [4.78, 5) is 23.5. The van der Waals surface area contributed by atoms with Crippen molar-refractivity contribution in [2.45, 2.75) is 12.6 Å². The molecule has 1 atom stereocenters. The predicted molar refractivity (Wildman–Crippen MR) is 130 cm³/mol. The molecule has 1 aromatic heterocycles. The number of carbonyl (C=O) groups excluding carboxylic acids is 1. The summed E-state index contributed by atoms with van der Waals surface area (Å²) in [5.41, 5.74) is 1.58. The Bertz CT molecular complexity index is 1250. The molecule has 0 radical (unpaired) electrons. The predicted octanol–water partition coefficient (Wildman–Crippen LogP) is 2.95. The Morgan fingerprint density at radius 2 is 2.03 bits per heavy atom. The first kappa shape index (κ1) is 23.6. The van der Waals surface area contributed by atoms with Crippen LogP contribution in [-0.4, -0.2) is 47.5 Å². The molecule has 1 aliphatic heterocycles. The number of nitrogens with one attached hydrogen (secondary N) is 3. The zero-order chi connectivity index (χ0) is 24.6. The topological polar surface area (TPSA) is 140 Å². The smallest absolute Gasteiger partial charge is 0.259 e. The maximum atomic E-state index is 13.4. The molecule has 2 aromatic carbocycles. The molecule has 0 fully saturated rings. The van der Waals surface area contributed by atoms with Crippen LogP contribution < -0.4 is 20.7 Å². The van der Waals surface area contributed by atoms with Gasteiger partial charge in [0.25, 0.3) is 11.8 Å². The maximum absolute atomic E-state index is 13.4. The second-order valence-corrected chi connectivity index (χ2v) is 7.75. The molecule has 0 saturated heterocycles. The standard InChI is InChI=1S/C23H21ClN8O3/c1-26-22(28-14-25)30-19-12-27-23(32(21(19)33)13-15-2-4-16(24)5-3-15)29-17-6-8-18(9-7-17)35-20-10-11-34-31-20/h2-11,19H,12-13H2,1H3,(H,27,29)(H2,26,28,30). The van der Waals surface area contributed by atoms with Crippen LogP contribution in [0.4, 0.5) is 5.69 Å². The van der Waals surface area contributed by atoms with Crippen LogP contribution in [0.1, 0.15) is 5.56 Å². The van der Waals surface area contributed by atoms with Gasteiger partial charge in [-0.25, -0.2) is 4.99 Å². The van der Waals surface area contributed by atoms with Gasteiger partial charge in [0, 0.05) is 23.8 Å². The molecule has 0 bridgehead atoms. The van der Waals surface area contributed by atoms with Crippen LogP contribution in [-0.2, 0) is 11.3 Å². The highest BCUT2D eigenvalue weighted by molar-refractivity contribution is 6.30. The average molecular weight is 493 g/mol. The number of aliphatic imine (C=N–C) groups is 2. The van der Waals surface area contributed by atoms with E-state index < -0.39 is 6.04 Å². The van der Waals surface area contributed by atoms with Gasteiger partial charge in [-0.1, -0.05) is 23.7 Å². The molecule has 0 saturated carbocycles. The number of benzene rings is 2. The van der Waals surface area contributed by atoms with Crippen LogP contribution in [0.2, 0.25) is 5.02 Å². The van der Waals surface area contributed by atoms with Crippen molar-refractivity contribution >= 4 is 35.1 Å². The van der Waals surface area contributed by atoms with Crippen molar-refractivity contribution in [3.05, 3.63) is 71.4 Å². The van der Waals surface area contributed by atoms with E-state index in [1.165, 1.54) is 18.2 Å². The van der Waals surface area contributed by atoms with Crippen LogP contribution in [0.15, 0.2) is 75.4 Å². The average Bonchev–Trinajstić information content (AvgIpc) is 3.38. The van der Waals surface area contributed by atoms with Gasteiger partial charge in [0.1, 0.15) is 18.1 Å². The lowest BCUT2D eigenvalue weighted by molar-refractivity contribution is -0.130. The van der Waals surface area contributed by atoms with Crippen LogP contribution in [0.5, 0.6) is 11.6 Å². The second kappa shape index (κ2) is 11.0. The van der Waals surface area contributed by atoms with E-state index in [4.69, 9.17) is 26.1 Å². The van der Waals surface area contributed by atoms with Crippen molar-refractivity contribution in [2.75, 3.05) is 18.9 Å². The molecule has 2 heterocycles. The summed E-state index contributed by atoms with van der Waals surface area (Å²) in [6.45, 7) is 0.412. The SMILES string of the molecule is CN=C(NC#N)NC1CN=C(Nc2ccc(Oc3ccon3)cc2)N(Cc2ccc(Cl)cc2)C1=O. The minimum Gasteiger partial charge on any atom is -0.436 e. The normalized spacial score (nSPS) is 15.7. The van der Waals surface area contributed by atoms with Gasteiger partial charge in [-0.3, -0.25) is 20.0 Å². The summed E-state index contributed by atoms with van der Waals surface area (Å²) in [5, 5.41) is 21.8. The van der Waals surface area contributed by atoms with E-state index in [2.05, 4.69) is 31.1 Å². The molecule has 1 aliphatic rings. The number of anilines is 1. The summed E-state index contributed by atoms with van der Waals surface area (Å²) in [6.07, 6.45) is 3.21. The Kier molecular flexibility index (Phi) is 7.44. The van der Waals surface area contributed by atoms with E-state index in [-0.39, 0.29) is 25.0 Å². The first-order valence-corrected chi connectivity index (χ1v) is 10.9. The van der Waals surface area contributed by atoms with Gasteiger partial charge in [-0.05, 0) is 47.1 Å². The Labute approximate surface area is 206 Å². The Hall–Kier alpha value is -4.56. The number of ether oxygens (including phenoxy) is 1. The van der Waals surface area contributed by atoms with Gasteiger partial charge < -0.3 is 19.9 Å². The van der Waals surface area contributed by atoms with Crippen molar-refractivity contribution in [1.82, 2.24) is 20.7 Å². The number of guanidine groups is 2. The summed E-state index contributed by atoms with van der Waals surface area (Å²) in [7, 11) is 1.51. The van der Waals surface area contributed by atoms with Crippen molar-refractivity contribution in [3.63, 3.8) is 0 Å². The number of halogens is 1. The first-order valence-electron chi connectivity index (χ1n) is 10.5. The van der Waals surface area contributed by atoms with Gasteiger partial charge >= 0.3 is 0 Å². The molecule has 178 valence electrons.